The normalized spacial score (nSPS) is 15.5. The van der Waals surface area contributed by atoms with E-state index in [0.29, 0.717) is 11.3 Å². The number of nitrogens with zero attached hydrogens (tertiary/aromatic N) is 3. The Hall–Kier alpha value is -3.91. The summed E-state index contributed by atoms with van der Waals surface area (Å²) in [5.74, 6) is -4.53. The molecule has 3 aromatic carbocycles. The number of primary amides is 1. The monoisotopic (exact) mass is 504 g/mol. The summed E-state index contributed by atoms with van der Waals surface area (Å²) < 4.78 is 43.4. The smallest absolute Gasteiger partial charge is 0.231 e. The van der Waals surface area contributed by atoms with Gasteiger partial charge in [-0.2, -0.15) is 0 Å². The largest absolute Gasteiger partial charge is 0.370 e. The number of carbonyl (C=O) groups is 1. The zero-order valence-electron chi connectivity index (χ0n) is 20.4. The average Bonchev–Trinajstić information content (AvgIpc) is 3.10. The molecule has 190 valence electrons. The molecule has 1 saturated heterocycles. The second-order valence-corrected chi connectivity index (χ2v) is 9.39. The van der Waals surface area contributed by atoms with Crippen molar-refractivity contribution in [3.8, 4) is 11.3 Å². The molecule has 1 aliphatic heterocycles. The zero-order valence-corrected chi connectivity index (χ0v) is 20.4. The van der Waals surface area contributed by atoms with Crippen LogP contribution in [0, 0.1) is 17.5 Å². The molecule has 5 nitrogen and oxygen atoms in total. The molecule has 1 aliphatic rings. The highest BCUT2D eigenvalue weighted by Crippen LogP contribution is 2.38. The van der Waals surface area contributed by atoms with Gasteiger partial charge in [0.05, 0.1) is 11.4 Å². The third-order valence-electron chi connectivity index (χ3n) is 6.92. The van der Waals surface area contributed by atoms with Gasteiger partial charge in [0.2, 0.25) is 5.91 Å². The molecule has 1 amide bonds. The molecule has 4 aromatic rings. The van der Waals surface area contributed by atoms with Crippen molar-refractivity contribution in [2.75, 3.05) is 38.1 Å². The zero-order chi connectivity index (χ0) is 26.1. The van der Waals surface area contributed by atoms with Gasteiger partial charge in [-0.25, -0.2) is 13.2 Å². The maximum Gasteiger partial charge on any atom is 0.231 e. The van der Waals surface area contributed by atoms with Crippen LogP contribution in [0.3, 0.4) is 0 Å². The number of rotatable bonds is 5. The minimum absolute atomic E-state index is 0.128. The van der Waals surface area contributed by atoms with Crippen molar-refractivity contribution >= 4 is 22.4 Å². The maximum atomic E-state index is 14.9. The molecule has 0 bridgehead atoms. The van der Waals surface area contributed by atoms with Gasteiger partial charge < -0.3 is 15.5 Å². The Balaban J connectivity index is 1.78. The molecule has 8 heteroatoms. The summed E-state index contributed by atoms with van der Waals surface area (Å²) in [6, 6.07) is 16.8. The molecule has 0 radical (unpaired) electrons. The predicted octanol–water partition coefficient (Wildman–Crippen LogP) is 5.08. The number of likely N-dealkylation sites (N-methyl/N-ethyl adjacent to an activating group) is 1. The Morgan fingerprint density at radius 3 is 2.30 bits per heavy atom. The van der Waals surface area contributed by atoms with Crippen LogP contribution in [0.1, 0.15) is 23.6 Å². The van der Waals surface area contributed by atoms with E-state index in [9.17, 15) is 18.0 Å². The van der Waals surface area contributed by atoms with Crippen LogP contribution in [-0.2, 0) is 4.79 Å². The van der Waals surface area contributed by atoms with Crippen LogP contribution in [0.2, 0.25) is 0 Å². The highest BCUT2D eigenvalue weighted by atomic mass is 19.1. The first-order chi connectivity index (χ1) is 17.8. The van der Waals surface area contributed by atoms with Gasteiger partial charge in [-0.1, -0.05) is 18.2 Å². The van der Waals surface area contributed by atoms with Gasteiger partial charge in [-0.05, 0) is 68.5 Å². The SMILES string of the molecule is CN1CCCN(c2cccc3c(-c4ccc(F)cc4)nc(C(C(N)=O)c4c(F)cccc4F)cc23)CC1. The Labute approximate surface area is 213 Å². The van der Waals surface area contributed by atoms with Gasteiger partial charge in [0.1, 0.15) is 23.4 Å². The minimum atomic E-state index is -1.45. The summed E-state index contributed by atoms with van der Waals surface area (Å²) in [6.07, 6.45) is 0.972. The molecular formula is C29H27F3N4O. The van der Waals surface area contributed by atoms with Gasteiger partial charge in [0.15, 0.2) is 0 Å². The van der Waals surface area contributed by atoms with Gasteiger partial charge in [0, 0.05) is 47.2 Å². The number of carbonyl (C=O) groups excluding carboxylic acids is 1. The highest BCUT2D eigenvalue weighted by molar-refractivity contribution is 6.03. The second-order valence-electron chi connectivity index (χ2n) is 9.39. The van der Waals surface area contributed by atoms with Crippen molar-refractivity contribution in [1.29, 1.82) is 0 Å². The van der Waals surface area contributed by atoms with Gasteiger partial charge >= 0.3 is 0 Å². The first-order valence-corrected chi connectivity index (χ1v) is 12.2. The van der Waals surface area contributed by atoms with Crippen LogP contribution in [0.5, 0.6) is 0 Å². The quantitative estimate of drug-likeness (QED) is 0.412. The predicted molar refractivity (Wildman–Crippen MR) is 139 cm³/mol. The van der Waals surface area contributed by atoms with Crippen LogP contribution in [0.4, 0.5) is 18.9 Å². The molecule has 1 atom stereocenters. The van der Waals surface area contributed by atoms with Crippen molar-refractivity contribution < 1.29 is 18.0 Å². The van der Waals surface area contributed by atoms with E-state index in [0.717, 1.165) is 61.2 Å². The Morgan fingerprint density at radius 1 is 0.892 bits per heavy atom. The van der Waals surface area contributed by atoms with Crippen LogP contribution >= 0.6 is 0 Å². The average molecular weight is 505 g/mol. The Kier molecular flexibility index (Phi) is 6.84. The number of aromatic nitrogens is 1. The van der Waals surface area contributed by atoms with Crippen molar-refractivity contribution in [1.82, 2.24) is 9.88 Å². The maximum absolute atomic E-state index is 14.9. The van der Waals surface area contributed by atoms with Gasteiger partial charge in [-0.3, -0.25) is 9.78 Å². The van der Waals surface area contributed by atoms with Gasteiger partial charge in [-0.15, -0.1) is 0 Å². The Morgan fingerprint density at radius 2 is 1.59 bits per heavy atom. The number of pyridine rings is 1. The topological polar surface area (TPSA) is 62.5 Å². The summed E-state index contributed by atoms with van der Waals surface area (Å²) in [5, 5.41) is 1.56. The van der Waals surface area contributed by atoms with Crippen molar-refractivity contribution in [2.24, 2.45) is 5.73 Å². The van der Waals surface area contributed by atoms with E-state index in [1.54, 1.807) is 18.2 Å². The number of hydrogen-bond acceptors (Lipinski definition) is 4. The highest BCUT2D eigenvalue weighted by Gasteiger charge is 2.30. The third kappa shape index (κ3) is 4.89. The molecule has 37 heavy (non-hydrogen) atoms. The van der Waals surface area contributed by atoms with E-state index in [1.807, 2.05) is 18.2 Å². The lowest BCUT2D eigenvalue weighted by Gasteiger charge is -2.26. The van der Waals surface area contributed by atoms with E-state index in [1.165, 1.54) is 18.2 Å². The standard InChI is InChI=1S/C29H27F3N4O/c1-35-13-4-14-36(16-15-35)25-8-2-5-20-21(25)17-24(34-28(20)18-9-11-19(30)12-10-18)27(29(33)37)26-22(31)6-3-7-23(26)32/h2-3,5-12,17,27H,4,13-16H2,1H3,(H2,33,37). The molecule has 0 aliphatic carbocycles. The van der Waals surface area contributed by atoms with E-state index in [-0.39, 0.29) is 5.69 Å². The number of amides is 1. The molecule has 2 heterocycles. The van der Waals surface area contributed by atoms with Crippen LogP contribution in [0.25, 0.3) is 22.0 Å². The molecule has 5 rings (SSSR count). The van der Waals surface area contributed by atoms with E-state index in [2.05, 4.69) is 16.8 Å². The molecule has 2 N–H and O–H groups in total. The second kappa shape index (κ2) is 10.2. The summed E-state index contributed by atoms with van der Waals surface area (Å²) in [6.45, 7) is 3.48. The van der Waals surface area contributed by atoms with Crippen molar-refractivity contribution in [3.63, 3.8) is 0 Å². The fourth-order valence-electron chi connectivity index (χ4n) is 5.04. The molecule has 1 unspecified atom stereocenters. The summed E-state index contributed by atoms with van der Waals surface area (Å²) in [4.78, 5) is 21.9. The summed E-state index contributed by atoms with van der Waals surface area (Å²) >= 11 is 0. The molecule has 1 aromatic heterocycles. The number of nitrogens with two attached hydrogens (primary N) is 1. The number of fused-ring (bicyclic) bond motifs is 1. The molecule has 1 fully saturated rings. The third-order valence-corrected chi connectivity index (χ3v) is 6.92. The summed E-state index contributed by atoms with van der Waals surface area (Å²) in [7, 11) is 2.08. The van der Waals surface area contributed by atoms with Crippen LogP contribution in [0.15, 0.2) is 66.7 Å². The van der Waals surface area contributed by atoms with E-state index in [4.69, 9.17) is 10.7 Å². The van der Waals surface area contributed by atoms with Crippen LogP contribution in [-0.4, -0.2) is 49.0 Å². The molecule has 0 saturated carbocycles. The van der Waals surface area contributed by atoms with Crippen molar-refractivity contribution in [3.05, 3.63) is 95.4 Å². The lowest BCUT2D eigenvalue weighted by molar-refractivity contribution is -0.118. The minimum Gasteiger partial charge on any atom is -0.370 e. The van der Waals surface area contributed by atoms with E-state index < -0.39 is 34.8 Å². The van der Waals surface area contributed by atoms with Crippen molar-refractivity contribution in [2.45, 2.75) is 12.3 Å². The van der Waals surface area contributed by atoms with E-state index >= 15 is 0 Å². The number of halogens is 3. The fourth-order valence-corrected chi connectivity index (χ4v) is 5.04. The first-order valence-electron chi connectivity index (χ1n) is 12.2. The lowest BCUT2D eigenvalue weighted by Crippen LogP contribution is -2.29. The summed E-state index contributed by atoms with van der Waals surface area (Å²) in [5.41, 5.74) is 7.43. The van der Waals surface area contributed by atoms with Gasteiger partial charge in [0.25, 0.3) is 0 Å². The Bertz CT molecular complexity index is 1440. The molecule has 0 spiro atoms. The van der Waals surface area contributed by atoms with Crippen LogP contribution < -0.4 is 10.6 Å². The lowest BCUT2D eigenvalue weighted by atomic mass is 9.91. The molecular weight excluding hydrogens is 477 g/mol. The number of anilines is 1. The number of benzene rings is 3. The number of hydrogen-bond donors (Lipinski definition) is 1. The fraction of sp³-hybridized carbons (Fsp3) is 0.241. The first kappa shape index (κ1) is 24.8.